The molecule has 0 aromatic carbocycles. The average molecular weight is 367 g/mol. The van der Waals surface area contributed by atoms with Gasteiger partial charge in [-0.3, -0.25) is 4.90 Å². The summed E-state index contributed by atoms with van der Waals surface area (Å²) in [6.45, 7) is 11.9. The average Bonchev–Trinajstić information content (AvgIpc) is 3.10. The van der Waals surface area contributed by atoms with Gasteiger partial charge in [-0.15, -0.1) is 10.2 Å². The van der Waals surface area contributed by atoms with Crippen LogP contribution >= 0.6 is 0 Å². The molecule has 1 aliphatic rings. The number of H-pyrrole nitrogens is 1. The highest BCUT2D eigenvalue weighted by Gasteiger charge is 2.35. The van der Waals surface area contributed by atoms with E-state index in [0.717, 1.165) is 13.1 Å². The van der Waals surface area contributed by atoms with E-state index >= 15 is 0 Å². The van der Waals surface area contributed by atoms with Crippen molar-refractivity contribution in [2.75, 3.05) is 26.2 Å². The highest BCUT2D eigenvalue weighted by atomic mass is 32.2. The third-order valence-corrected chi connectivity index (χ3v) is 6.73. The van der Waals surface area contributed by atoms with Crippen molar-refractivity contribution in [3.05, 3.63) is 17.3 Å². The molecule has 8 nitrogen and oxygen atoms in total. The van der Waals surface area contributed by atoms with Crippen molar-refractivity contribution >= 4 is 10.0 Å². The topological polar surface area (TPSA) is 95.3 Å². The maximum atomic E-state index is 13.3. The molecule has 0 aliphatic carbocycles. The largest absolute Gasteiger partial charge is 0.421 e. The summed E-state index contributed by atoms with van der Waals surface area (Å²) in [6.07, 6.45) is 0. The van der Waals surface area contributed by atoms with Crippen molar-refractivity contribution in [1.82, 2.24) is 24.4 Å². The van der Waals surface area contributed by atoms with Gasteiger partial charge in [0.15, 0.2) is 0 Å². The van der Waals surface area contributed by atoms with Crippen LogP contribution in [0, 0.1) is 20.8 Å². The van der Waals surface area contributed by atoms with E-state index in [-0.39, 0.29) is 10.8 Å². The zero-order valence-electron chi connectivity index (χ0n) is 15.3. The van der Waals surface area contributed by atoms with Crippen molar-refractivity contribution in [2.45, 2.75) is 45.6 Å². The Labute approximate surface area is 148 Å². The van der Waals surface area contributed by atoms with E-state index < -0.39 is 10.0 Å². The van der Waals surface area contributed by atoms with Crippen LogP contribution in [0.1, 0.15) is 31.1 Å². The van der Waals surface area contributed by atoms with Crippen molar-refractivity contribution in [2.24, 2.45) is 0 Å². The van der Waals surface area contributed by atoms with Crippen LogP contribution in [0.2, 0.25) is 0 Å². The zero-order chi connectivity index (χ0) is 18.4. The standard InChI is InChI=1S/C16H25N5O3S/c1-10(2)20-6-8-21(9-7-20)25(22,23)15-12(4)17-11(3)14(15)16-19-18-13(5)24-16/h10,17H,6-9H2,1-5H3. The SMILES string of the molecule is Cc1nnc(-c2c(C)[nH]c(C)c2S(=O)(=O)N2CCN(C(C)C)CC2)o1. The van der Waals surface area contributed by atoms with Crippen LogP contribution in [0.25, 0.3) is 11.5 Å². The minimum atomic E-state index is -3.64. The molecule has 0 atom stereocenters. The summed E-state index contributed by atoms with van der Waals surface area (Å²) in [6, 6.07) is 0.415. The van der Waals surface area contributed by atoms with Gasteiger partial charge >= 0.3 is 0 Å². The van der Waals surface area contributed by atoms with Gasteiger partial charge in [-0.25, -0.2) is 8.42 Å². The Hall–Kier alpha value is -1.71. The van der Waals surface area contributed by atoms with Crippen molar-refractivity contribution in [3.63, 3.8) is 0 Å². The number of hydrogen-bond donors (Lipinski definition) is 1. The Morgan fingerprint density at radius 3 is 2.20 bits per heavy atom. The Kier molecular flexibility index (Phi) is 4.74. The molecule has 1 fully saturated rings. The Bertz CT molecular complexity index is 860. The number of hydrogen-bond acceptors (Lipinski definition) is 6. The Balaban J connectivity index is 1.99. The van der Waals surface area contributed by atoms with Crippen LogP contribution in [-0.4, -0.2) is 65.0 Å². The number of sulfonamides is 1. The molecule has 0 saturated carbocycles. The first-order valence-corrected chi connectivity index (χ1v) is 9.89. The van der Waals surface area contributed by atoms with Gasteiger partial charge < -0.3 is 9.40 Å². The lowest BCUT2D eigenvalue weighted by Gasteiger charge is -2.36. The summed E-state index contributed by atoms with van der Waals surface area (Å²) >= 11 is 0. The molecule has 138 valence electrons. The maximum absolute atomic E-state index is 13.3. The van der Waals surface area contributed by atoms with E-state index in [0.29, 0.717) is 42.0 Å². The lowest BCUT2D eigenvalue weighted by molar-refractivity contribution is 0.154. The summed E-state index contributed by atoms with van der Waals surface area (Å²) < 4.78 is 33.6. The molecule has 2 aromatic heterocycles. The van der Waals surface area contributed by atoms with E-state index in [9.17, 15) is 8.42 Å². The molecule has 0 bridgehead atoms. The fourth-order valence-electron chi connectivity index (χ4n) is 3.33. The van der Waals surface area contributed by atoms with Crippen LogP contribution in [0.4, 0.5) is 0 Å². The first-order valence-electron chi connectivity index (χ1n) is 8.45. The van der Waals surface area contributed by atoms with Crippen molar-refractivity contribution in [1.29, 1.82) is 0 Å². The predicted octanol–water partition coefficient (Wildman–Crippen LogP) is 1.70. The highest BCUT2D eigenvalue weighted by molar-refractivity contribution is 7.89. The van der Waals surface area contributed by atoms with Crippen molar-refractivity contribution < 1.29 is 12.8 Å². The van der Waals surface area contributed by atoms with Gasteiger partial charge in [0.25, 0.3) is 5.89 Å². The summed E-state index contributed by atoms with van der Waals surface area (Å²) in [5.41, 5.74) is 1.78. The number of piperazine rings is 1. The second-order valence-electron chi connectivity index (χ2n) is 6.74. The van der Waals surface area contributed by atoms with E-state index in [1.807, 2.05) is 6.92 Å². The number of rotatable bonds is 4. The lowest BCUT2D eigenvalue weighted by atomic mass is 10.2. The van der Waals surface area contributed by atoms with E-state index in [1.165, 1.54) is 0 Å². The minimum Gasteiger partial charge on any atom is -0.421 e. The molecule has 0 spiro atoms. The zero-order valence-corrected chi connectivity index (χ0v) is 16.1. The molecule has 3 heterocycles. The Morgan fingerprint density at radius 2 is 1.68 bits per heavy atom. The van der Waals surface area contributed by atoms with Crippen LogP contribution < -0.4 is 0 Å². The minimum absolute atomic E-state index is 0.235. The van der Waals surface area contributed by atoms with Gasteiger partial charge in [0.1, 0.15) is 4.90 Å². The van der Waals surface area contributed by atoms with Gasteiger partial charge in [0.2, 0.25) is 15.9 Å². The fraction of sp³-hybridized carbons (Fsp3) is 0.625. The van der Waals surface area contributed by atoms with Gasteiger partial charge in [-0.1, -0.05) is 0 Å². The molecule has 1 aliphatic heterocycles. The normalized spacial score (nSPS) is 17.5. The first kappa shape index (κ1) is 18.1. The number of nitrogens with one attached hydrogen (secondary N) is 1. The van der Waals surface area contributed by atoms with E-state index in [1.54, 1.807) is 18.2 Å². The molecule has 0 radical (unpaired) electrons. The summed E-state index contributed by atoms with van der Waals surface area (Å²) in [4.78, 5) is 5.64. The molecule has 3 rings (SSSR count). The molecule has 0 amide bonds. The first-order chi connectivity index (χ1) is 11.7. The molecular formula is C16H25N5O3S. The maximum Gasteiger partial charge on any atom is 0.250 e. The lowest BCUT2D eigenvalue weighted by Crippen LogP contribution is -2.50. The monoisotopic (exact) mass is 367 g/mol. The second kappa shape index (κ2) is 6.54. The molecule has 0 unspecified atom stereocenters. The predicted molar refractivity (Wildman–Crippen MR) is 93.8 cm³/mol. The summed E-state index contributed by atoms with van der Waals surface area (Å²) in [5, 5.41) is 7.85. The van der Waals surface area contributed by atoms with Crippen LogP contribution in [0.3, 0.4) is 0 Å². The molecule has 25 heavy (non-hydrogen) atoms. The van der Waals surface area contributed by atoms with Crippen LogP contribution in [0.15, 0.2) is 9.31 Å². The smallest absolute Gasteiger partial charge is 0.250 e. The van der Waals surface area contributed by atoms with Crippen LogP contribution in [0.5, 0.6) is 0 Å². The Morgan fingerprint density at radius 1 is 1.04 bits per heavy atom. The second-order valence-corrected chi connectivity index (χ2v) is 8.61. The van der Waals surface area contributed by atoms with E-state index in [4.69, 9.17) is 4.42 Å². The fourth-order valence-corrected chi connectivity index (χ4v) is 5.16. The number of aryl methyl sites for hydroxylation is 3. The number of aromatic amines is 1. The van der Waals surface area contributed by atoms with Gasteiger partial charge in [-0.2, -0.15) is 4.31 Å². The van der Waals surface area contributed by atoms with Crippen LogP contribution in [-0.2, 0) is 10.0 Å². The molecule has 9 heteroatoms. The quantitative estimate of drug-likeness (QED) is 0.884. The molecule has 1 saturated heterocycles. The van der Waals surface area contributed by atoms with Crippen molar-refractivity contribution in [3.8, 4) is 11.5 Å². The molecule has 1 N–H and O–H groups in total. The molecule has 2 aromatic rings. The summed E-state index contributed by atoms with van der Waals surface area (Å²) in [7, 11) is -3.64. The van der Waals surface area contributed by atoms with Gasteiger partial charge in [0.05, 0.1) is 5.56 Å². The van der Waals surface area contributed by atoms with Gasteiger partial charge in [0, 0.05) is 50.5 Å². The summed E-state index contributed by atoms with van der Waals surface area (Å²) in [5.74, 6) is 0.640. The van der Waals surface area contributed by atoms with E-state index in [2.05, 4.69) is 33.9 Å². The highest BCUT2D eigenvalue weighted by Crippen LogP contribution is 2.34. The third kappa shape index (κ3) is 3.23. The molecular weight excluding hydrogens is 342 g/mol. The number of aromatic nitrogens is 3. The third-order valence-electron chi connectivity index (χ3n) is 4.66. The van der Waals surface area contributed by atoms with Gasteiger partial charge in [-0.05, 0) is 27.7 Å². The number of nitrogens with zero attached hydrogens (tertiary/aromatic N) is 4.